The quantitative estimate of drug-likeness (QED) is 0.618. The van der Waals surface area contributed by atoms with Gasteiger partial charge in [0.1, 0.15) is 11.9 Å². The largest absolute Gasteiger partial charge is 0.463 e. The van der Waals surface area contributed by atoms with Crippen LogP contribution in [-0.2, 0) is 9.59 Å². The van der Waals surface area contributed by atoms with Crippen LogP contribution in [0.4, 0.5) is 16.3 Å². The third kappa shape index (κ3) is 5.24. The van der Waals surface area contributed by atoms with Crippen molar-refractivity contribution in [1.29, 1.82) is 0 Å². The SMILES string of the molecule is CC(C(=O)NN(C(=O)O)c1ccc(N2CCCC(C(=O)N3CCCC3)C2)nc1)n1cc(Cl)cn1. The number of amides is 3. The molecule has 2 aliphatic heterocycles. The maximum atomic E-state index is 12.8. The Labute approximate surface area is 202 Å². The first-order valence-corrected chi connectivity index (χ1v) is 11.7. The van der Waals surface area contributed by atoms with Crippen LogP contribution >= 0.6 is 11.6 Å². The zero-order chi connectivity index (χ0) is 24.2. The summed E-state index contributed by atoms with van der Waals surface area (Å²) in [5, 5.41) is 14.7. The Morgan fingerprint density at radius 3 is 2.56 bits per heavy atom. The summed E-state index contributed by atoms with van der Waals surface area (Å²) in [5.41, 5.74) is 2.57. The van der Waals surface area contributed by atoms with E-state index in [0.29, 0.717) is 17.4 Å². The predicted octanol–water partition coefficient (Wildman–Crippen LogP) is 2.55. The van der Waals surface area contributed by atoms with Crippen molar-refractivity contribution < 1.29 is 19.5 Å². The first-order valence-electron chi connectivity index (χ1n) is 11.4. The van der Waals surface area contributed by atoms with Crippen molar-refractivity contribution in [2.45, 2.75) is 38.6 Å². The van der Waals surface area contributed by atoms with E-state index in [0.717, 1.165) is 50.3 Å². The molecule has 2 N–H and O–H groups in total. The second kappa shape index (κ2) is 10.3. The van der Waals surface area contributed by atoms with Crippen LogP contribution in [0.2, 0.25) is 5.02 Å². The molecule has 2 aromatic rings. The molecule has 2 unspecified atom stereocenters. The Bertz CT molecular complexity index is 1040. The predicted molar refractivity (Wildman–Crippen MR) is 126 cm³/mol. The van der Waals surface area contributed by atoms with E-state index in [1.54, 1.807) is 19.1 Å². The number of hydrazine groups is 1. The number of hydrogen-bond acceptors (Lipinski definition) is 6. The number of carbonyl (C=O) groups is 3. The number of nitrogens with one attached hydrogen (secondary N) is 1. The van der Waals surface area contributed by atoms with E-state index in [2.05, 4.69) is 20.4 Å². The first-order chi connectivity index (χ1) is 16.3. The van der Waals surface area contributed by atoms with Crippen molar-refractivity contribution in [2.75, 3.05) is 36.1 Å². The summed E-state index contributed by atoms with van der Waals surface area (Å²) in [6.45, 7) is 4.62. The molecule has 11 nitrogen and oxygen atoms in total. The monoisotopic (exact) mass is 489 g/mol. The topological polar surface area (TPSA) is 124 Å². The highest BCUT2D eigenvalue weighted by Gasteiger charge is 2.31. The van der Waals surface area contributed by atoms with E-state index in [9.17, 15) is 19.5 Å². The molecule has 2 fully saturated rings. The molecule has 34 heavy (non-hydrogen) atoms. The van der Waals surface area contributed by atoms with E-state index in [1.165, 1.54) is 23.3 Å². The lowest BCUT2D eigenvalue weighted by atomic mass is 9.96. The molecule has 0 aromatic carbocycles. The molecule has 3 amide bonds. The van der Waals surface area contributed by atoms with E-state index >= 15 is 0 Å². The highest BCUT2D eigenvalue weighted by atomic mass is 35.5. The Morgan fingerprint density at radius 1 is 1.18 bits per heavy atom. The molecule has 2 aliphatic rings. The van der Waals surface area contributed by atoms with Gasteiger partial charge in [0.2, 0.25) is 5.91 Å². The van der Waals surface area contributed by atoms with Gasteiger partial charge < -0.3 is 14.9 Å². The molecule has 182 valence electrons. The summed E-state index contributed by atoms with van der Waals surface area (Å²) < 4.78 is 1.34. The second-order valence-corrected chi connectivity index (χ2v) is 9.04. The van der Waals surface area contributed by atoms with Crippen LogP contribution in [-0.4, -0.2) is 68.9 Å². The average molecular weight is 490 g/mol. The van der Waals surface area contributed by atoms with Crippen LogP contribution < -0.4 is 15.3 Å². The second-order valence-electron chi connectivity index (χ2n) is 8.60. The molecule has 0 radical (unpaired) electrons. The molecule has 0 spiro atoms. The number of likely N-dealkylation sites (tertiary alicyclic amines) is 1. The van der Waals surface area contributed by atoms with Gasteiger partial charge in [0.25, 0.3) is 5.91 Å². The summed E-state index contributed by atoms with van der Waals surface area (Å²) in [5.74, 6) is 0.246. The Hall–Kier alpha value is -3.34. The van der Waals surface area contributed by atoms with Crippen LogP contribution in [0, 0.1) is 5.92 Å². The zero-order valence-corrected chi connectivity index (χ0v) is 19.7. The van der Waals surface area contributed by atoms with Gasteiger partial charge in [-0.05, 0) is 44.7 Å². The minimum absolute atomic E-state index is 0.0552. The molecule has 0 saturated carbocycles. The lowest BCUT2D eigenvalue weighted by Gasteiger charge is -2.34. The molecule has 2 atom stereocenters. The zero-order valence-electron chi connectivity index (χ0n) is 18.9. The molecule has 2 saturated heterocycles. The number of rotatable bonds is 5. The van der Waals surface area contributed by atoms with Crippen molar-refractivity contribution in [3.63, 3.8) is 0 Å². The minimum atomic E-state index is -1.36. The fraction of sp³-hybridized carbons (Fsp3) is 0.500. The molecule has 0 aliphatic carbocycles. The van der Waals surface area contributed by atoms with Gasteiger partial charge in [-0.1, -0.05) is 11.6 Å². The van der Waals surface area contributed by atoms with Gasteiger partial charge in [0.15, 0.2) is 0 Å². The fourth-order valence-corrected chi connectivity index (χ4v) is 4.50. The Balaban J connectivity index is 1.41. The van der Waals surface area contributed by atoms with Gasteiger partial charge in [-0.15, -0.1) is 0 Å². The number of piperidine rings is 1. The molecule has 2 aromatic heterocycles. The van der Waals surface area contributed by atoms with E-state index in [4.69, 9.17) is 11.6 Å². The smallest absolute Gasteiger partial charge is 0.431 e. The number of pyridine rings is 1. The summed E-state index contributed by atoms with van der Waals surface area (Å²) in [7, 11) is 0. The lowest BCUT2D eigenvalue weighted by molar-refractivity contribution is -0.134. The van der Waals surface area contributed by atoms with Crippen LogP contribution in [0.1, 0.15) is 38.6 Å². The van der Waals surface area contributed by atoms with Crippen molar-refractivity contribution in [3.8, 4) is 0 Å². The molecule has 12 heteroatoms. The van der Waals surface area contributed by atoms with Crippen LogP contribution in [0.3, 0.4) is 0 Å². The van der Waals surface area contributed by atoms with Crippen molar-refractivity contribution in [3.05, 3.63) is 35.7 Å². The molecule has 0 bridgehead atoms. The van der Waals surface area contributed by atoms with E-state index in [1.807, 2.05) is 4.90 Å². The molecular weight excluding hydrogens is 462 g/mol. The highest BCUT2D eigenvalue weighted by molar-refractivity contribution is 6.30. The van der Waals surface area contributed by atoms with Crippen molar-refractivity contribution >= 4 is 41.0 Å². The number of aromatic nitrogens is 3. The molecule has 4 heterocycles. The number of nitrogens with zero attached hydrogens (tertiary/aromatic N) is 6. The van der Waals surface area contributed by atoms with Crippen molar-refractivity contribution in [2.24, 2.45) is 5.92 Å². The van der Waals surface area contributed by atoms with Gasteiger partial charge in [0.05, 0.1) is 29.0 Å². The standard InChI is InChI=1S/C22H28ClN7O4/c1-15(29-14-17(23)11-25-29)20(31)26-30(22(33)34)18-6-7-19(24-12-18)28-10-4-5-16(13-28)21(32)27-8-2-3-9-27/h6-7,11-12,14-16H,2-5,8-10,13H2,1H3,(H,26,31)(H,33,34). The van der Waals surface area contributed by atoms with Crippen molar-refractivity contribution in [1.82, 2.24) is 25.1 Å². The number of carboxylic acid groups (broad SMARTS) is 1. The summed E-state index contributed by atoms with van der Waals surface area (Å²) in [4.78, 5) is 45.6. The Morgan fingerprint density at radius 2 is 1.94 bits per heavy atom. The number of anilines is 2. The molecule has 4 rings (SSSR count). The van der Waals surface area contributed by atoms with Crippen LogP contribution in [0.25, 0.3) is 0 Å². The summed E-state index contributed by atoms with van der Waals surface area (Å²) >= 11 is 5.85. The first kappa shape index (κ1) is 23.8. The Kier molecular flexibility index (Phi) is 7.20. The summed E-state index contributed by atoms with van der Waals surface area (Å²) in [6.07, 6.45) is 6.80. The van der Waals surface area contributed by atoms with E-state index in [-0.39, 0.29) is 17.5 Å². The maximum absolute atomic E-state index is 12.8. The molecular formula is C22H28ClN7O4. The van der Waals surface area contributed by atoms with E-state index < -0.39 is 18.0 Å². The van der Waals surface area contributed by atoms with Gasteiger partial charge in [-0.2, -0.15) is 10.1 Å². The highest BCUT2D eigenvalue weighted by Crippen LogP contribution is 2.26. The number of carbonyl (C=O) groups excluding carboxylic acids is 2. The normalized spacial score (nSPS) is 19.1. The minimum Gasteiger partial charge on any atom is -0.463 e. The van der Waals surface area contributed by atoms with Gasteiger partial charge in [-0.3, -0.25) is 19.7 Å². The maximum Gasteiger partial charge on any atom is 0.431 e. The fourth-order valence-electron chi connectivity index (χ4n) is 4.35. The van der Waals surface area contributed by atoms with Gasteiger partial charge in [-0.25, -0.2) is 9.78 Å². The van der Waals surface area contributed by atoms with Crippen LogP contribution in [0.15, 0.2) is 30.7 Å². The third-order valence-electron chi connectivity index (χ3n) is 6.26. The number of halogens is 1. The lowest BCUT2D eigenvalue weighted by Crippen LogP contribution is -2.48. The third-order valence-corrected chi connectivity index (χ3v) is 6.46. The van der Waals surface area contributed by atoms with Gasteiger partial charge >= 0.3 is 6.09 Å². The van der Waals surface area contributed by atoms with Crippen LogP contribution in [0.5, 0.6) is 0 Å². The summed E-state index contributed by atoms with van der Waals surface area (Å²) in [6, 6.07) is 2.51. The average Bonchev–Trinajstić information content (AvgIpc) is 3.54. The van der Waals surface area contributed by atoms with Gasteiger partial charge in [0, 0.05) is 32.4 Å². The number of hydrogen-bond donors (Lipinski definition) is 2.